The molecule has 1 N–H and O–H groups in total. The molecule has 2 heterocycles. The fourth-order valence-electron chi connectivity index (χ4n) is 4.60. The highest BCUT2D eigenvalue weighted by Crippen LogP contribution is 2.30. The van der Waals surface area contributed by atoms with Crippen molar-refractivity contribution in [3.05, 3.63) is 58.6 Å². The van der Waals surface area contributed by atoms with E-state index >= 15 is 0 Å². The van der Waals surface area contributed by atoms with Gasteiger partial charge in [0.1, 0.15) is 5.60 Å². The highest BCUT2D eigenvalue weighted by Gasteiger charge is 2.38. The SMILES string of the molecule is COCC1(OC(=O)O)CCN(Cc2ccc(-c3noc(-c4ccc(CC(C)C)c(Cl)c4)n3)cc2)CC1. The zero-order valence-electron chi connectivity index (χ0n) is 20.9. The van der Waals surface area contributed by atoms with E-state index in [-0.39, 0.29) is 6.61 Å². The first kappa shape index (κ1) is 26.1. The van der Waals surface area contributed by atoms with Gasteiger partial charge in [-0.15, -0.1) is 0 Å². The molecule has 0 spiro atoms. The number of likely N-dealkylation sites (tertiary alicyclic amines) is 1. The third-order valence-corrected chi connectivity index (χ3v) is 6.80. The standard InChI is InChI=1S/C27H32ClN3O5/c1-18(2)14-21-8-9-22(15-23(21)28)25-29-24(30-36-25)20-6-4-19(5-7-20)16-31-12-10-27(11-13-31,17-34-3)35-26(32)33/h4-9,15,18H,10-14,16-17H2,1-3H3,(H,32,33). The lowest BCUT2D eigenvalue weighted by molar-refractivity contribution is -0.0937. The number of halogens is 1. The summed E-state index contributed by atoms with van der Waals surface area (Å²) in [4.78, 5) is 17.9. The summed E-state index contributed by atoms with van der Waals surface area (Å²) in [6.07, 6.45) is 0.854. The number of hydrogen-bond acceptors (Lipinski definition) is 7. The topological polar surface area (TPSA) is 97.9 Å². The Labute approximate surface area is 216 Å². The summed E-state index contributed by atoms with van der Waals surface area (Å²) in [6, 6.07) is 13.9. The molecule has 8 nitrogen and oxygen atoms in total. The molecule has 1 saturated heterocycles. The van der Waals surface area contributed by atoms with Gasteiger partial charge in [-0.25, -0.2) is 4.79 Å². The van der Waals surface area contributed by atoms with Crippen LogP contribution in [0.3, 0.4) is 0 Å². The number of methoxy groups -OCH3 is 1. The molecular weight excluding hydrogens is 482 g/mol. The van der Waals surface area contributed by atoms with Crippen LogP contribution in [0.15, 0.2) is 47.0 Å². The van der Waals surface area contributed by atoms with Crippen molar-refractivity contribution in [3.8, 4) is 22.8 Å². The van der Waals surface area contributed by atoms with Gasteiger partial charge in [-0.05, 0) is 35.6 Å². The van der Waals surface area contributed by atoms with Crippen LogP contribution in [0.5, 0.6) is 0 Å². The van der Waals surface area contributed by atoms with Crippen LogP contribution in [0.2, 0.25) is 5.02 Å². The molecule has 192 valence electrons. The van der Waals surface area contributed by atoms with Crippen molar-refractivity contribution in [2.24, 2.45) is 5.92 Å². The Balaban J connectivity index is 1.37. The van der Waals surface area contributed by atoms with Gasteiger partial charge >= 0.3 is 6.16 Å². The molecule has 0 aliphatic carbocycles. The second-order valence-corrected chi connectivity index (χ2v) is 10.2. The zero-order valence-corrected chi connectivity index (χ0v) is 21.6. The summed E-state index contributed by atoms with van der Waals surface area (Å²) in [6.45, 7) is 6.81. The molecule has 9 heteroatoms. The van der Waals surface area contributed by atoms with Crippen LogP contribution >= 0.6 is 11.6 Å². The maximum Gasteiger partial charge on any atom is 0.506 e. The predicted molar refractivity (Wildman–Crippen MR) is 137 cm³/mol. The number of nitrogens with zero attached hydrogens (tertiary/aromatic N) is 3. The van der Waals surface area contributed by atoms with E-state index < -0.39 is 11.8 Å². The van der Waals surface area contributed by atoms with Gasteiger partial charge in [0.25, 0.3) is 5.89 Å². The molecule has 1 fully saturated rings. The van der Waals surface area contributed by atoms with Crippen molar-refractivity contribution in [2.75, 3.05) is 26.8 Å². The molecule has 0 unspecified atom stereocenters. The third kappa shape index (κ3) is 6.43. The van der Waals surface area contributed by atoms with E-state index in [1.165, 1.54) is 0 Å². The molecule has 4 rings (SSSR count). The fourth-order valence-corrected chi connectivity index (χ4v) is 4.86. The van der Waals surface area contributed by atoms with Crippen LogP contribution in [0.25, 0.3) is 22.8 Å². The van der Waals surface area contributed by atoms with Crippen molar-refractivity contribution < 1.29 is 23.9 Å². The van der Waals surface area contributed by atoms with E-state index in [9.17, 15) is 4.79 Å². The Morgan fingerprint density at radius 1 is 1.17 bits per heavy atom. The smallest absolute Gasteiger partial charge is 0.450 e. The van der Waals surface area contributed by atoms with E-state index in [1.54, 1.807) is 7.11 Å². The highest BCUT2D eigenvalue weighted by molar-refractivity contribution is 6.31. The van der Waals surface area contributed by atoms with E-state index in [0.717, 1.165) is 48.3 Å². The van der Waals surface area contributed by atoms with E-state index in [1.807, 2.05) is 42.5 Å². The van der Waals surface area contributed by atoms with Gasteiger partial charge in [0.2, 0.25) is 5.82 Å². The first-order chi connectivity index (χ1) is 17.3. The van der Waals surface area contributed by atoms with Gasteiger partial charge in [-0.1, -0.05) is 60.9 Å². The van der Waals surface area contributed by atoms with Gasteiger partial charge in [-0.2, -0.15) is 4.98 Å². The average molecular weight is 514 g/mol. The molecule has 0 atom stereocenters. The number of ether oxygens (including phenoxy) is 2. The molecule has 1 aromatic heterocycles. The molecule has 1 aliphatic heterocycles. The Kier molecular flexibility index (Phi) is 8.28. The van der Waals surface area contributed by atoms with E-state index in [0.29, 0.717) is 35.5 Å². The summed E-state index contributed by atoms with van der Waals surface area (Å²) >= 11 is 6.46. The molecule has 1 aliphatic rings. The van der Waals surface area contributed by atoms with Gasteiger partial charge in [0, 0.05) is 55.7 Å². The number of aromatic nitrogens is 2. The van der Waals surface area contributed by atoms with Crippen LogP contribution in [0, 0.1) is 5.92 Å². The molecular formula is C27H32ClN3O5. The second kappa shape index (κ2) is 11.4. The molecule has 0 bridgehead atoms. The minimum absolute atomic E-state index is 0.267. The normalized spacial score (nSPS) is 15.8. The van der Waals surface area contributed by atoms with Crippen molar-refractivity contribution in [1.82, 2.24) is 15.0 Å². The van der Waals surface area contributed by atoms with Crippen LogP contribution in [0.1, 0.15) is 37.8 Å². The Hall–Kier alpha value is -2.94. The van der Waals surface area contributed by atoms with Gasteiger partial charge in [-0.3, -0.25) is 4.90 Å². The quantitative estimate of drug-likeness (QED) is 0.351. The first-order valence-corrected chi connectivity index (χ1v) is 12.5. The largest absolute Gasteiger partial charge is 0.506 e. The lowest BCUT2D eigenvalue weighted by Crippen LogP contribution is -2.49. The monoisotopic (exact) mass is 513 g/mol. The number of piperidine rings is 1. The first-order valence-electron chi connectivity index (χ1n) is 12.1. The molecule has 0 amide bonds. The van der Waals surface area contributed by atoms with Crippen LogP contribution in [-0.2, 0) is 22.4 Å². The number of carbonyl (C=O) groups is 1. The Morgan fingerprint density at radius 3 is 2.47 bits per heavy atom. The van der Waals surface area contributed by atoms with Gasteiger partial charge in [0.05, 0.1) is 6.61 Å². The summed E-state index contributed by atoms with van der Waals surface area (Å²) in [7, 11) is 1.56. The summed E-state index contributed by atoms with van der Waals surface area (Å²) in [5, 5.41) is 13.9. The fraction of sp³-hybridized carbons (Fsp3) is 0.444. The second-order valence-electron chi connectivity index (χ2n) is 9.78. The third-order valence-electron chi connectivity index (χ3n) is 6.45. The Bertz CT molecular complexity index is 1170. The summed E-state index contributed by atoms with van der Waals surface area (Å²) < 4.78 is 15.9. The molecule has 36 heavy (non-hydrogen) atoms. The van der Waals surface area contributed by atoms with E-state index in [2.05, 4.69) is 28.9 Å². The zero-order chi connectivity index (χ0) is 25.7. The minimum atomic E-state index is -1.26. The predicted octanol–water partition coefficient (Wildman–Crippen LogP) is 5.93. The van der Waals surface area contributed by atoms with Crippen LogP contribution in [-0.4, -0.2) is 58.7 Å². The molecule has 3 aromatic rings. The van der Waals surface area contributed by atoms with Crippen LogP contribution in [0.4, 0.5) is 4.79 Å². The van der Waals surface area contributed by atoms with Crippen molar-refractivity contribution in [3.63, 3.8) is 0 Å². The number of carboxylic acid groups (broad SMARTS) is 1. The molecule has 0 saturated carbocycles. The van der Waals surface area contributed by atoms with Crippen molar-refractivity contribution in [1.29, 1.82) is 0 Å². The molecule has 0 radical (unpaired) electrons. The van der Waals surface area contributed by atoms with Crippen molar-refractivity contribution in [2.45, 2.75) is 45.3 Å². The van der Waals surface area contributed by atoms with Crippen LogP contribution < -0.4 is 0 Å². The molecule has 2 aromatic carbocycles. The average Bonchev–Trinajstić information content (AvgIpc) is 3.32. The number of hydrogen-bond donors (Lipinski definition) is 1. The highest BCUT2D eigenvalue weighted by atomic mass is 35.5. The number of rotatable bonds is 9. The van der Waals surface area contributed by atoms with E-state index in [4.69, 9.17) is 30.7 Å². The maximum atomic E-state index is 11.1. The van der Waals surface area contributed by atoms with Gasteiger partial charge < -0.3 is 19.1 Å². The van der Waals surface area contributed by atoms with Gasteiger partial charge in [0.15, 0.2) is 0 Å². The lowest BCUT2D eigenvalue weighted by atomic mass is 9.91. The Morgan fingerprint density at radius 2 is 1.86 bits per heavy atom. The summed E-state index contributed by atoms with van der Waals surface area (Å²) in [5.74, 6) is 1.48. The van der Waals surface area contributed by atoms with Crippen molar-refractivity contribution >= 4 is 17.8 Å². The lowest BCUT2D eigenvalue weighted by Gasteiger charge is -2.39. The maximum absolute atomic E-state index is 11.1. The number of benzene rings is 2. The summed E-state index contributed by atoms with van der Waals surface area (Å²) in [5.41, 5.74) is 3.15. The minimum Gasteiger partial charge on any atom is -0.450 e.